The van der Waals surface area contributed by atoms with Crippen molar-refractivity contribution in [1.29, 1.82) is 0 Å². The van der Waals surface area contributed by atoms with Gasteiger partial charge in [0.15, 0.2) is 0 Å². The van der Waals surface area contributed by atoms with Gasteiger partial charge in [0.1, 0.15) is 11.5 Å². The van der Waals surface area contributed by atoms with Crippen LogP contribution in [0.4, 0.5) is 0 Å². The summed E-state index contributed by atoms with van der Waals surface area (Å²) in [6.45, 7) is 2.12. The van der Waals surface area contributed by atoms with Crippen molar-refractivity contribution in [3.8, 4) is 11.5 Å². The Morgan fingerprint density at radius 3 is 1.28 bits per heavy atom. The summed E-state index contributed by atoms with van der Waals surface area (Å²) in [7, 11) is 0. The molecule has 3 N–H and O–H groups in total. The van der Waals surface area contributed by atoms with Gasteiger partial charge in [0.05, 0.1) is 18.5 Å². The Labute approximate surface area is 212 Å². The second-order valence-electron chi connectivity index (χ2n) is 5.35. The average Bonchev–Trinajstić information content (AvgIpc) is 2.68. The minimum absolute atomic E-state index is 0. The number of carboxylic acids is 3. The molecule has 2 rings (SSSR count). The molecule has 0 aliphatic heterocycles. The topological polar surface area (TPSA) is 196 Å². The average molecular weight is 473 g/mol. The standard InChI is InChI=1S/2C9H8O4.C2H5NO2.Ca/c2*1-6(10)13-8-5-3-2-4-7(8)9(11)12;3-1-2(4)5;/h2*2-5H,1H3,(H,11,12);1,3H2,(H,4,5);/q;;;+2/p-2. The number of carboxylic acid groups (broad SMARTS) is 3. The summed E-state index contributed by atoms with van der Waals surface area (Å²) >= 11 is 0. The minimum Gasteiger partial charge on any atom is -0.545 e. The molecule has 2 aromatic rings. The molecule has 0 unspecified atom stereocenters. The quantitative estimate of drug-likeness (QED) is 0.294. The molecule has 0 saturated heterocycles. The van der Waals surface area contributed by atoms with Crippen LogP contribution in [0.15, 0.2) is 48.5 Å². The zero-order valence-corrected chi connectivity index (χ0v) is 19.4. The minimum atomic E-state index is -1.36. The summed E-state index contributed by atoms with van der Waals surface area (Å²) in [6.07, 6.45) is 0. The Balaban J connectivity index is 0. The third-order valence-electron chi connectivity index (χ3n) is 2.90. The van der Waals surface area contributed by atoms with E-state index in [1.807, 2.05) is 0 Å². The molecule has 2 aromatic carbocycles. The number of nitrogens with two attached hydrogens (primary N) is 1. The van der Waals surface area contributed by atoms with Gasteiger partial charge in [-0.3, -0.25) is 14.4 Å². The normalized spacial score (nSPS) is 8.72. The van der Waals surface area contributed by atoms with Crippen molar-refractivity contribution in [2.24, 2.45) is 5.73 Å². The van der Waals surface area contributed by atoms with Crippen LogP contribution >= 0.6 is 0 Å². The number of hydrogen-bond acceptors (Lipinski definition) is 10. The number of benzene rings is 2. The van der Waals surface area contributed by atoms with Crippen molar-refractivity contribution in [2.75, 3.05) is 6.54 Å². The Morgan fingerprint density at radius 2 is 1.06 bits per heavy atom. The SMILES string of the molecule is CC(=O)Oc1ccccc1C(=O)[O-].CC(=O)Oc1ccccc1C(=O)[O-].NCC(=O)O.[Ca+2]. The fourth-order valence-electron chi connectivity index (χ4n) is 1.76. The van der Waals surface area contributed by atoms with E-state index in [1.165, 1.54) is 50.2 Å². The fourth-order valence-corrected chi connectivity index (χ4v) is 1.76. The molecule has 12 heteroatoms. The summed E-state index contributed by atoms with van der Waals surface area (Å²) in [4.78, 5) is 51.3. The molecule has 0 amide bonds. The number of esters is 2. The second-order valence-corrected chi connectivity index (χ2v) is 5.35. The smallest absolute Gasteiger partial charge is 0.545 e. The van der Waals surface area contributed by atoms with Crippen molar-refractivity contribution < 1.29 is 48.8 Å². The number of rotatable bonds is 5. The van der Waals surface area contributed by atoms with Crippen LogP contribution in [-0.4, -0.2) is 79.2 Å². The van der Waals surface area contributed by atoms with E-state index < -0.39 is 29.8 Å². The summed E-state index contributed by atoms with van der Waals surface area (Å²) in [6, 6.07) is 11.6. The molecule has 0 heterocycles. The van der Waals surface area contributed by atoms with Gasteiger partial charge in [-0.2, -0.15) is 0 Å². The van der Waals surface area contributed by atoms with Crippen LogP contribution in [0, 0.1) is 0 Å². The molecule has 0 saturated carbocycles. The van der Waals surface area contributed by atoms with Crippen molar-refractivity contribution in [3.63, 3.8) is 0 Å². The number of carbonyl (C=O) groups is 5. The van der Waals surface area contributed by atoms with E-state index >= 15 is 0 Å². The monoisotopic (exact) mass is 473 g/mol. The van der Waals surface area contributed by atoms with Gasteiger partial charge in [-0.05, 0) is 24.3 Å². The Morgan fingerprint density at radius 1 is 0.781 bits per heavy atom. The Bertz CT molecular complexity index is 876. The van der Waals surface area contributed by atoms with E-state index in [-0.39, 0.29) is 66.9 Å². The molecule has 0 aliphatic carbocycles. The van der Waals surface area contributed by atoms with Crippen LogP contribution in [-0.2, 0) is 14.4 Å². The molecule has 0 atom stereocenters. The summed E-state index contributed by atoms with van der Waals surface area (Å²) < 4.78 is 9.29. The number of para-hydroxylation sites is 2. The van der Waals surface area contributed by atoms with Crippen LogP contribution in [0.25, 0.3) is 0 Å². The first-order valence-electron chi connectivity index (χ1n) is 8.39. The van der Waals surface area contributed by atoms with E-state index in [2.05, 4.69) is 15.2 Å². The van der Waals surface area contributed by atoms with E-state index in [1.54, 1.807) is 12.1 Å². The maximum Gasteiger partial charge on any atom is 2.00 e. The first-order valence-corrected chi connectivity index (χ1v) is 8.39. The van der Waals surface area contributed by atoms with Crippen molar-refractivity contribution in [1.82, 2.24) is 0 Å². The van der Waals surface area contributed by atoms with Crippen molar-refractivity contribution >= 4 is 67.6 Å². The molecule has 166 valence electrons. The van der Waals surface area contributed by atoms with E-state index in [9.17, 15) is 34.2 Å². The predicted octanol–water partition coefficient (Wildman–Crippen LogP) is -1.40. The van der Waals surface area contributed by atoms with Crippen molar-refractivity contribution in [3.05, 3.63) is 59.7 Å². The van der Waals surface area contributed by atoms with Gasteiger partial charge in [0, 0.05) is 25.0 Å². The van der Waals surface area contributed by atoms with Gasteiger partial charge in [-0.1, -0.05) is 24.3 Å². The molecule has 0 bridgehead atoms. The first-order chi connectivity index (χ1) is 14.5. The third-order valence-corrected chi connectivity index (χ3v) is 2.90. The largest absolute Gasteiger partial charge is 2.00 e. The van der Waals surface area contributed by atoms with Crippen molar-refractivity contribution in [2.45, 2.75) is 13.8 Å². The number of carbonyl (C=O) groups excluding carboxylic acids is 4. The molecule has 32 heavy (non-hydrogen) atoms. The summed E-state index contributed by atoms with van der Waals surface area (Å²) in [5.41, 5.74) is 4.32. The second kappa shape index (κ2) is 16.7. The van der Waals surface area contributed by atoms with Gasteiger partial charge >= 0.3 is 55.6 Å². The van der Waals surface area contributed by atoms with Gasteiger partial charge in [-0.15, -0.1) is 0 Å². The van der Waals surface area contributed by atoms with Crippen LogP contribution in [0.1, 0.15) is 34.6 Å². The van der Waals surface area contributed by atoms with Crippen LogP contribution < -0.4 is 25.4 Å². The maximum atomic E-state index is 10.6. The van der Waals surface area contributed by atoms with E-state index in [0.717, 1.165) is 0 Å². The maximum absolute atomic E-state index is 10.6. The summed E-state index contributed by atoms with van der Waals surface area (Å²) in [5.74, 6) is -4.80. The zero-order valence-electron chi connectivity index (χ0n) is 17.2. The van der Waals surface area contributed by atoms with Crippen LogP contribution in [0.3, 0.4) is 0 Å². The van der Waals surface area contributed by atoms with E-state index in [0.29, 0.717) is 0 Å². The summed E-state index contributed by atoms with van der Waals surface area (Å²) in [5, 5.41) is 28.6. The molecular weight excluding hydrogens is 454 g/mol. The van der Waals surface area contributed by atoms with Gasteiger partial charge < -0.3 is 40.1 Å². The molecule has 0 aromatic heterocycles. The number of aromatic carboxylic acids is 2. The van der Waals surface area contributed by atoms with Crippen LogP contribution in [0.5, 0.6) is 11.5 Å². The van der Waals surface area contributed by atoms with Crippen LogP contribution in [0.2, 0.25) is 0 Å². The number of hydrogen-bond donors (Lipinski definition) is 2. The molecule has 11 nitrogen and oxygen atoms in total. The number of ether oxygens (including phenoxy) is 2. The molecule has 0 radical (unpaired) electrons. The predicted molar refractivity (Wildman–Crippen MR) is 107 cm³/mol. The van der Waals surface area contributed by atoms with Gasteiger partial charge in [-0.25, -0.2) is 0 Å². The molecular formula is C20H19CaNO10. The Kier molecular flexibility index (Phi) is 16.3. The van der Waals surface area contributed by atoms with E-state index in [4.69, 9.17) is 5.11 Å². The molecule has 0 aliphatic rings. The fraction of sp³-hybridized carbons (Fsp3) is 0.150. The van der Waals surface area contributed by atoms with Gasteiger partial charge in [0.2, 0.25) is 0 Å². The Hall–Kier alpha value is -2.99. The zero-order chi connectivity index (χ0) is 24.0. The third kappa shape index (κ3) is 13.3. The van der Waals surface area contributed by atoms with Gasteiger partial charge in [0.25, 0.3) is 0 Å². The molecule has 0 fully saturated rings. The first kappa shape index (κ1) is 31.2. The number of aliphatic carboxylic acids is 1. The molecule has 0 spiro atoms.